The number of nitrogens with zero attached hydrogens (tertiary/aromatic N) is 2. The molecule has 1 aromatic heterocycles. The van der Waals surface area contributed by atoms with Crippen LogP contribution in [0.15, 0.2) is 42.5 Å². The summed E-state index contributed by atoms with van der Waals surface area (Å²) >= 11 is 0. The smallest absolute Gasteiger partial charge is 0.229 e. The molecule has 1 saturated carbocycles. The number of hydrogen-bond donors (Lipinski definition) is 2. The monoisotopic (exact) mass is 445 g/mol. The molecule has 0 spiro atoms. The average Bonchev–Trinajstić information content (AvgIpc) is 2.81. The SMILES string of the molecule is O=C(Cc1ccc(F)cc1)Nc1nc2c(nc1CC1CCCCC1)-c1ccc(O)cc1CC2. The first-order valence-electron chi connectivity index (χ1n) is 11.8. The summed E-state index contributed by atoms with van der Waals surface area (Å²) in [5.41, 5.74) is 5.40. The lowest BCUT2D eigenvalue weighted by Gasteiger charge is -2.24. The molecule has 1 heterocycles. The Morgan fingerprint density at radius 2 is 1.82 bits per heavy atom. The zero-order valence-corrected chi connectivity index (χ0v) is 18.6. The number of aryl methyl sites for hydroxylation is 2. The molecule has 1 amide bonds. The number of amides is 1. The van der Waals surface area contributed by atoms with Gasteiger partial charge in [-0.3, -0.25) is 4.79 Å². The largest absolute Gasteiger partial charge is 0.508 e. The molecule has 2 aliphatic carbocycles. The van der Waals surface area contributed by atoms with E-state index in [0.29, 0.717) is 18.2 Å². The standard InChI is InChI=1S/C27H28FN3O2/c28-20-9-6-18(7-10-20)15-25(33)31-27-24(14-17-4-2-1-3-5-17)29-26-22-12-11-21(32)16-19(22)8-13-23(26)30-27/h6-7,9-12,16-17,32H,1-5,8,13-15H2,(H,30,31,33). The summed E-state index contributed by atoms with van der Waals surface area (Å²) < 4.78 is 13.2. The number of phenols is 1. The van der Waals surface area contributed by atoms with E-state index >= 15 is 0 Å². The molecule has 0 atom stereocenters. The first-order chi connectivity index (χ1) is 16.0. The van der Waals surface area contributed by atoms with Gasteiger partial charge in [0.2, 0.25) is 5.91 Å². The van der Waals surface area contributed by atoms with E-state index in [1.54, 1.807) is 24.3 Å². The van der Waals surface area contributed by atoms with Gasteiger partial charge in [-0.1, -0.05) is 44.2 Å². The zero-order chi connectivity index (χ0) is 22.8. The molecule has 0 radical (unpaired) electrons. The topological polar surface area (TPSA) is 75.1 Å². The van der Waals surface area contributed by atoms with Gasteiger partial charge in [0.15, 0.2) is 5.82 Å². The molecule has 2 N–H and O–H groups in total. The van der Waals surface area contributed by atoms with Crippen molar-refractivity contribution in [3.63, 3.8) is 0 Å². The fraction of sp³-hybridized carbons (Fsp3) is 0.370. The van der Waals surface area contributed by atoms with E-state index in [-0.39, 0.29) is 23.9 Å². The molecule has 33 heavy (non-hydrogen) atoms. The first kappa shape index (κ1) is 21.6. The maximum absolute atomic E-state index is 13.2. The van der Waals surface area contributed by atoms with Gasteiger partial charge in [-0.05, 0) is 66.6 Å². The van der Waals surface area contributed by atoms with Crippen molar-refractivity contribution in [1.29, 1.82) is 0 Å². The van der Waals surface area contributed by atoms with Crippen molar-refractivity contribution in [1.82, 2.24) is 9.97 Å². The number of anilines is 1. The number of hydrogen-bond acceptors (Lipinski definition) is 4. The zero-order valence-electron chi connectivity index (χ0n) is 18.6. The summed E-state index contributed by atoms with van der Waals surface area (Å²) in [4.78, 5) is 22.7. The Hall–Kier alpha value is -3.28. The molecule has 0 aliphatic heterocycles. The minimum Gasteiger partial charge on any atom is -0.508 e. The molecule has 0 unspecified atom stereocenters. The van der Waals surface area contributed by atoms with Crippen molar-refractivity contribution < 1.29 is 14.3 Å². The van der Waals surface area contributed by atoms with E-state index in [2.05, 4.69) is 5.32 Å². The highest BCUT2D eigenvalue weighted by atomic mass is 19.1. The molecule has 2 aliphatic rings. The average molecular weight is 446 g/mol. The molecule has 5 rings (SSSR count). The van der Waals surface area contributed by atoms with Crippen LogP contribution >= 0.6 is 0 Å². The fourth-order valence-electron chi connectivity index (χ4n) is 5.04. The molecular weight excluding hydrogens is 417 g/mol. The summed E-state index contributed by atoms with van der Waals surface area (Å²) in [5, 5.41) is 12.9. The number of phenolic OH excluding ortho intramolecular Hbond substituents is 1. The molecule has 170 valence electrons. The highest BCUT2D eigenvalue weighted by Crippen LogP contribution is 2.36. The minimum absolute atomic E-state index is 0.157. The van der Waals surface area contributed by atoms with Gasteiger partial charge >= 0.3 is 0 Å². The van der Waals surface area contributed by atoms with E-state index in [0.717, 1.165) is 46.6 Å². The summed E-state index contributed by atoms with van der Waals surface area (Å²) in [5.74, 6) is 0.859. The van der Waals surface area contributed by atoms with E-state index in [1.165, 1.54) is 44.2 Å². The van der Waals surface area contributed by atoms with Crippen LogP contribution in [0.4, 0.5) is 10.2 Å². The van der Waals surface area contributed by atoms with Gasteiger partial charge in [0.25, 0.3) is 0 Å². The maximum Gasteiger partial charge on any atom is 0.229 e. The van der Waals surface area contributed by atoms with Crippen LogP contribution in [0.3, 0.4) is 0 Å². The number of carbonyl (C=O) groups excluding carboxylic acids is 1. The van der Waals surface area contributed by atoms with Crippen LogP contribution < -0.4 is 5.32 Å². The second-order valence-corrected chi connectivity index (χ2v) is 9.22. The lowest BCUT2D eigenvalue weighted by molar-refractivity contribution is -0.115. The van der Waals surface area contributed by atoms with Crippen LogP contribution in [0.5, 0.6) is 5.75 Å². The third kappa shape index (κ3) is 4.90. The quantitative estimate of drug-likeness (QED) is 0.552. The number of nitrogens with one attached hydrogen (secondary N) is 1. The summed E-state index contributed by atoms with van der Waals surface area (Å²) in [6.07, 6.45) is 8.53. The van der Waals surface area contributed by atoms with Crippen molar-refractivity contribution in [3.8, 4) is 17.0 Å². The number of aromatic nitrogens is 2. The molecule has 0 bridgehead atoms. The third-order valence-electron chi connectivity index (χ3n) is 6.76. The summed E-state index contributed by atoms with van der Waals surface area (Å²) in [7, 11) is 0. The molecule has 2 aromatic carbocycles. The summed E-state index contributed by atoms with van der Waals surface area (Å²) in [6, 6.07) is 11.4. The number of aromatic hydroxyl groups is 1. The second-order valence-electron chi connectivity index (χ2n) is 9.22. The predicted octanol–water partition coefficient (Wildman–Crippen LogP) is 5.39. The van der Waals surface area contributed by atoms with E-state index in [4.69, 9.17) is 9.97 Å². The second kappa shape index (κ2) is 9.30. The van der Waals surface area contributed by atoms with E-state index in [1.807, 2.05) is 6.07 Å². The molecular formula is C27H28FN3O2. The Morgan fingerprint density at radius 1 is 1.03 bits per heavy atom. The van der Waals surface area contributed by atoms with Crippen LogP contribution in [0.1, 0.15) is 54.6 Å². The van der Waals surface area contributed by atoms with Crippen molar-refractivity contribution in [2.24, 2.45) is 5.92 Å². The predicted molar refractivity (Wildman–Crippen MR) is 126 cm³/mol. The van der Waals surface area contributed by atoms with Gasteiger partial charge in [0.1, 0.15) is 11.6 Å². The highest BCUT2D eigenvalue weighted by Gasteiger charge is 2.25. The lowest BCUT2D eigenvalue weighted by atomic mass is 9.85. The van der Waals surface area contributed by atoms with Crippen LogP contribution in [-0.2, 0) is 30.5 Å². The number of rotatable bonds is 5. The Labute approximate surface area is 193 Å². The van der Waals surface area contributed by atoms with Crippen molar-refractivity contribution in [2.75, 3.05) is 5.32 Å². The van der Waals surface area contributed by atoms with Gasteiger partial charge in [-0.2, -0.15) is 0 Å². The van der Waals surface area contributed by atoms with Crippen LogP contribution in [0.2, 0.25) is 0 Å². The van der Waals surface area contributed by atoms with Crippen LogP contribution in [0, 0.1) is 11.7 Å². The Morgan fingerprint density at radius 3 is 2.61 bits per heavy atom. The Kier molecular flexibility index (Phi) is 6.07. The molecule has 0 saturated heterocycles. The fourth-order valence-corrected chi connectivity index (χ4v) is 5.04. The molecule has 6 heteroatoms. The molecule has 1 fully saturated rings. The number of carbonyl (C=O) groups is 1. The van der Waals surface area contributed by atoms with Crippen LogP contribution in [0.25, 0.3) is 11.3 Å². The Balaban J connectivity index is 1.46. The molecule has 3 aromatic rings. The van der Waals surface area contributed by atoms with Gasteiger partial charge in [0, 0.05) is 5.56 Å². The first-order valence-corrected chi connectivity index (χ1v) is 11.8. The third-order valence-corrected chi connectivity index (χ3v) is 6.76. The summed E-state index contributed by atoms with van der Waals surface area (Å²) in [6.45, 7) is 0. The highest BCUT2D eigenvalue weighted by molar-refractivity contribution is 5.92. The number of halogens is 1. The van der Waals surface area contributed by atoms with Gasteiger partial charge in [0.05, 0.1) is 23.5 Å². The normalized spacial score (nSPS) is 15.5. The van der Waals surface area contributed by atoms with Crippen molar-refractivity contribution in [2.45, 2.75) is 57.8 Å². The van der Waals surface area contributed by atoms with E-state index in [9.17, 15) is 14.3 Å². The van der Waals surface area contributed by atoms with Crippen molar-refractivity contribution in [3.05, 3.63) is 70.8 Å². The minimum atomic E-state index is -0.317. The van der Waals surface area contributed by atoms with Gasteiger partial charge in [-0.25, -0.2) is 14.4 Å². The maximum atomic E-state index is 13.2. The number of benzene rings is 2. The lowest BCUT2D eigenvalue weighted by Crippen LogP contribution is -2.21. The van der Waals surface area contributed by atoms with Gasteiger partial charge in [-0.15, -0.1) is 0 Å². The van der Waals surface area contributed by atoms with Gasteiger partial charge < -0.3 is 10.4 Å². The van der Waals surface area contributed by atoms with E-state index < -0.39 is 0 Å². The Bertz CT molecular complexity index is 1170. The van der Waals surface area contributed by atoms with Crippen molar-refractivity contribution >= 4 is 11.7 Å². The van der Waals surface area contributed by atoms with Crippen LogP contribution in [-0.4, -0.2) is 21.0 Å². The molecule has 5 nitrogen and oxygen atoms in total. The number of fused-ring (bicyclic) bond motifs is 3.